The van der Waals surface area contributed by atoms with Crippen LogP contribution in [-0.2, 0) is 9.53 Å². The van der Waals surface area contributed by atoms with Crippen LogP contribution >= 0.6 is 0 Å². The molecule has 0 fully saturated rings. The van der Waals surface area contributed by atoms with Gasteiger partial charge < -0.3 is 9.84 Å². The molecular formula is C8H12O3. The normalized spacial score (nSPS) is 30.3. The van der Waals surface area contributed by atoms with E-state index in [0.29, 0.717) is 0 Å². The second-order valence-electron chi connectivity index (χ2n) is 2.75. The monoisotopic (exact) mass is 156 g/mol. The lowest BCUT2D eigenvalue weighted by molar-refractivity contribution is -0.140. The summed E-state index contributed by atoms with van der Waals surface area (Å²) in [6.45, 7) is 1.94. The van der Waals surface area contributed by atoms with Crippen LogP contribution < -0.4 is 0 Å². The highest BCUT2D eigenvalue weighted by Crippen LogP contribution is 2.13. The van der Waals surface area contributed by atoms with Gasteiger partial charge in [0.2, 0.25) is 0 Å². The number of hydrogen-bond acceptors (Lipinski definition) is 2. The Bertz CT molecular complexity index is 174. The van der Waals surface area contributed by atoms with Gasteiger partial charge in [0, 0.05) is 0 Å². The maximum atomic E-state index is 10.3. The molecular weight excluding hydrogens is 144 g/mol. The third-order valence-corrected chi connectivity index (χ3v) is 1.60. The zero-order valence-corrected chi connectivity index (χ0v) is 6.49. The molecule has 0 spiro atoms. The van der Waals surface area contributed by atoms with E-state index < -0.39 is 5.97 Å². The van der Waals surface area contributed by atoms with Crippen molar-refractivity contribution in [3.8, 4) is 0 Å². The SMILES string of the molecule is C[C@H]1CC=C[C@@H](CC(=O)O)O1. The molecule has 3 heteroatoms. The molecule has 0 aromatic carbocycles. The minimum Gasteiger partial charge on any atom is -0.481 e. The van der Waals surface area contributed by atoms with E-state index in [1.807, 2.05) is 19.1 Å². The standard InChI is InChI=1S/C8H12O3/c1-6-3-2-4-7(11-6)5-8(9)10/h2,4,6-7H,3,5H2,1H3,(H,9,10)/t6-,7-/m0/s1. The molecule has 0 bridgehead atoms. The highest BCUT2D eigenvalue weighted by molar-refractivity contribution is 5.67. The van der Waals surface area contributed by atoms with E-state index >= 15 is 0 Å². The van der Waals surface area contributed by atoms with Gasteiger partial charge in [-0.25, -0.2) is 0 Å². The minimum absolute atomic E-state index is 0.0703. The first-order chi connectivity index (χ1) is 5.18. The largest absolute Gasteiger partial charge is 0.481 e. The zero-order chi connectivity index (χ0) is 8.27. The molecule has 1 rings (SSSR count). The number of rotatable bonds is 2. The highest BCUT2D eigenvalue weighted by Gasteiger charge is 2.16. The summed E-state index contributed by atoms with van der Waals surface area (Å²) in [7, 11) is 0. The predicted octanol–water partition coefficient (Wildman–Crippen LogP) is 1.19. The Kier molecular flexibility index (Phi) is 2.65. The molecule has 0 radical (unpaired) electrons. The van der Waals surface area contributed by atoms with Crippen LogP contribution in [0, 0.1) is 0 Å². The van der Waals surface area contributed by atoms with Crippen LogP contribution in [0.25, 0.3) is 0 Å². The van der Waals surface area contributed by atoms with Crippen LogP contribution in [0.3, 0.4) is 0 Å². The molecule has 1 aliphatic rings. The van der Waals surface area contributed by atoms with Gasteiger partial charge in [-0.1, -0.05) is 12.2 Å². The Morgan fingerprint density at radius 3 is 3.09 bits per heavy atom. The van der Waals surface area contributed by atoms with Gasteiger partial charge in [-0.15, -0.1) is 0 Å². The van der Waals surface area contributed by atoms with Gasteiger partial charge in [0.25, 0.3) is 0 Å². The van der Waals surface area contributed by atoms with Gasteiger partial charge in [-0.2, -0.15) is 0 Å². The lowest BCUT2D eigenvalue weighted by Gasteiger charge is -2.21. The molecule has 0 saturated heterocycles. The van der Waals surface area contributed by atoms with E-state index in [0.717, 1.165) is 6.42 Å². The van der Waals surface area contributed by atoms with Crippen molar-refractivity contribution < 1.29 is 14.6 Å². The van der Waals surface area contributed by atoms with Crippen molar-refractivity contribution in [2.24, 2.45) is 0 Å². The quantitative estimate of drug-likeness (QED) is 0.611. The summed E-state index contributed by atoms with van der Waals surface area (Å²) >= 11 is 0. The molecule has 0 aliphatic carbocycles. The number of hydrogen-bond donors (Lipinski definition) is 1. The zero-order valence-electron chi connectivity index (χ0n) is 6.49. The van der Waals surface area contributed by atoms with Gasteiger partial charge in [-0.05, 0) is 13.3 Å². The molecule has 0 saturated carbocycles. The van der Waals surface area contributed by atoms with Gasteiger partial charge in [0.1, 0.15) is 0 Å². The predicted molar refractivity (Wildman–Crippen MR) is 40.3 cm³/mol. The second kappa shape index (κ2) is 3.53. The maximum absolute atomic E-state index is 10.3. The summed E-state index contributed by atoms with van der Waals surface area (Å²) < 4.78 is 5.33. The van der Waals surface area contributed by atoms with Gasteiger partial charge in [0.05, 0.1) is 18.6 Å². The van der Waals surface area contributed by atoms with E-state index in [9.17, 15) is 4.79 Å². The molecule has 0 aromatic rings. The number of carboxylic acid groups (broad SMARTS) is 1. The number of ether oxygens (including phenoxy) is 1. The fourth-order valence-electron chi connectivity index (χ4n) is 1.11. The molecule has 1 aliphatic heterocycles. The smallest absolute Gasteiger partial charge is 0.306 e. The molecule has 2 atom stereocenters. The first kappa shape index (κ1) is 8.27. The Labute approximate surface area is 65.7 Å². The first-order valence-electron chi connectivity index (χ1n) is 3.72. The number of carboxylic acids is 1. The van der Waals surface area contributed by atoms with Crippen molar-refractivity contribution >= 4 is 5.97 Å². The van der Waals surface area contributed by atoms with Crippen LogP contribution in [0.1, 0.15) is 19.8 Å². The lowest BCUT2D eigenvalue weighted by Crippen LogP contribution is -2.23. The van der Waals surface area contributed by atoms with E-state index in [1.165, 1.54) is 0 Å². The van der Waals surface area contributed by atoms with Gasteiger partial charge in [-0.3, -0.25) is 4.79 Å². The van der Waals surface area contributed by atoms with Crippen LogP contribution in [0.4, 0.5) is 0 Å². The Balaban J connectivity index is 2.40. The summed E-state index contributed by atoms with van der Waals surface area (Å²) in [6, 6.07) is 0. The van der Waals surface area contributed by atoms with Crippen molar-refractivity contribution in [3.63, 3.8) is 0 Å². The molecule has 62 valence electrons. The van der Waals surface area contributed by atoms with Crippen molar-refractivity contribution in [1.82, 2.24) is 0 Å². The summed E-state index contributed by atoms with van der Waals surface area (Å²) in [5.41, 5.74) is 0. The molecule has 0 aromatic heterocycles. The number of carbonyl (C=O) groups is 1. The van der Waals surface area contributed by atoms with Crippen LogP contribution in [-0.4, -0.2) is 23.3 Å². The Hall–Kier alpha value is -0.830. The molecule has 0 amide bonds. The Morgan fingerprint density at radius 1 is 1.82 bits per heavy atom. The maximum Gasteiger partial charge on any atom is 0.306 e. The van der Waals surface area contributed by atoms with Crippen molar-refractivity contribution in [2.45, 2.75) is 32.0 Å². The lowest BCUT2D eigenvalue weighted by atomic mass is 10.1. The molecule has 1 N–H and O–H groups in total. The summed E-state index contributed by atoms with van der Waals surface area (Å²) in [5, 5.41) is 8.44. The van der Waals surface area contributed by atoms with Gasteiger partial charge >= 0.3 is 5.97 Å². The fourth-order valence-corrected chi connectivity index (χ4v) is 1.11. The third-order valence-electron chi connectivity index (χ3n) is 1.60. The third kappa shape index (κ3) is 2.72. The fraction of sp³-hybridized carbons (Fsp3) is 0.625. The summed E-state index contributed by atoms with van der Waals surface area (Å²) in [4.78, 5) is 10.3. The Morgan fingerprint density at radius 2 is 2.55 bits per heavy atom. The topological polar surface area (TPSA) is 46.5 Å². The average Bonchev–Trinajstić information content (AvgIpc) is 1.85. The van der Waals surface area contributed by atoms with E-state index in [-0.39, 0.29) is 18.6 Å². The molecule has 11 heavy (non-hydrogen) atoms. The molecule has 1 heterocycles. The van der Waals surface area contributed by atoms with Gasteiger partial charge in [0.15, 0.2) is 0 Å². The van der Waals surface area contributed by atoms with Crippen LogP contribution in [0.5, 0.6) is 0 Å². The average molecular weight is 156 g/mol. The summed E-state index contributed by atoms with van der Waals surface area (Å²) in [5.74, 6) is -0.811. The summed E-state index contributed by atoms with van der Waals surface area (Å²) in [6.07, 6.45) is 4.67. The van der Waals surface area contributed by atoms with E-state index in [4.69, 9.17) is 9.84 Å². The van der Waals surface area contributed by atoms with Crippen LogP contribution in [0.15, 0.2) is 12.2 Å². The first-order valence-corrected chi connectivity index (χ1v) is 3.72. The second-order valence-corrected chi connectivity index (χ2v) is 2.75. The van der Waals surface area contributed by atoms with E-state index in [2.05, 4.69) is 0 Å². The van der Waals surface area contributed by atoms with Crippen molar-refractivity contribution in [3.05, 3.63) is 12.2 Å². The van der Waals surface area contributed by atoms with Crippen LogP contribution in [0.2, 0.25) is 0 Å². The molecule has 0 unspecified atom stereocenters. The molecule has 3 nitrogen and oxygen atoms in total. The van der Waals surface area contributed by atoms with E-state index in [1.54, 1.807) is 0 Å². The van der Waals surface area contributed by atoms with Crippen molar-refractivity contribution in [1.29, 1.82) is 0 Å². The highest BCUT2D eigenvalue weighted by atomic mass is 16.5. The number of aliphatic carboxylic acids is 1. The minimum atomic E-state index is -0.811. The van der Waals surface area contributed by atoms with Crippen molar-refractivity contribution in [2.75, 3.05) is 0 Å².